The standard InChI is InChI=1S/C32H36ClN3O4/c1-20(2)40-30-18-27-24(16-29(30)39-4)17-31(37)36(28(27)15-22-5-9-25(33)10-6-22)26-11-7-23(8-12-26)21(3)35-14-13-34-19-32(35)38/h5-12,16,18,20-21,28,34H,13-15,17,19H2,1-4H3. The lowest BCUT2D eigenvalue weighted by Gasteiger charge is -2.38. The van der Waals surface area contributed by atoms with Crippen LogP contribution in [0.1, 0.15) is 55.1 Å². The Morgan fingerprint density at radius 2 is 1.70 bits per heavy atom. The molecule has 7 nitrogen and oxygen atoms in total. The number of nitrogens with one attached hydrogen (secondary N) is 1. The number of halogens is 1. The highest BCUT2D eigenvalue weighted by molar-refractivity contribution is 6.30. The molecule has 2 aliphatic heterocycles. The quantitative estimate of drug-likeness (QED) is 0.393. The molecule has 1 fully saturated rings. The third kappa shape index (κ3) is 5.81. The first-order chi connectivity index (χ1) is 19.2. The van der Waals surface area contributed by atoms with Crippen LogP contribution in [0.4, 0.5) is 5.69 Å². The average Bonchev–Trinajstić information content (AvgIpc) is 2.94. The fourth-order valence-electron chi connectivity index (χ4n) is 5.64. The van der Waals surface area contributed by atoms with E-state index in [1.807, 2.05) is 91.2 Å². The SMILES string of the molecule is COc1cc2c(cc1OC(C)C)C(Cc1ccc(Cl)cc1)N(c1ccc(C(C)N3CCNCC3=O)cc1)C(=O)C2. The van der Waals surface area contributed by atoms with Crippen molar-refractivity contribution < 1.29 is 19.1 Å². The number of ether oxygens (including phenoxy) is 2. The summed E-state index contributed by atoms with van der Waals surface area (Å²) >= 11 is 6.17. The second kappa shape index (κ2) is 11.9. The van der Waals surface area contributed by atoms with E-state index in [1.54, 1.807) is 7.11 Å². The van der Waals surface area contributed by atoms with Gasteiger partial charge in [0.05, 0.1) is 38.3 Å². The Kier molecular flexibility index (Phi) is 8.33. The second-order valence-electron chi connectivity index (χ2n) is 10.7. The van der Waals surface area contributed by atoms with Gasteiger partial charge in [0.1, 0.15) is 0 Å². The van der Waals surface area contributed by atoms with E-state index >= 15 is 0 Å². The van der Waals surface area contributed by atoms with Crippen molar-refractivity contribution in [3.8, 4) is 11.5 Å². The molecule has 2 atom stereocenters. The summed E-state index contributed by atoms with van der Waals surface area (Å²) in [5.41, 5.74) is 4.91. The molecule has 210 valence electrons. The van der Waals surface area contributed by atoms with Crippen molar-refractivity contribution in [3.63, 3.8) is 0 Å². The molecule has 2 unspecified atom stereocenters. The fourth-order valence-corrected chi connectivity index (χ4v) is 5.77. The van der Waals surface area contributed by atoms with E-state index in [0.29, 0.717) is 36.0 Å². The molecule has 40 heavy (non-hydrogen) atoms. The second-order valence-corrected chi connectivity index (χ2v) is 11.1. The highest BCUT2D eigenvalue weighted by Crippen LogP contribution is 2.42. The van der Waals surface area contributed by atoms with Crippen LogP contribution in [-0.2, 0) is 22.4 Å². The molecular formula is C32H36ClN3O4. The fraction of sp³-hybridized carbons (Fsp3) is 0.375. The number of methoxy groups -OCH3 is 1. The Balaban J connectivity index is 1.53. The van der Waals surface area contributed by atoms with Gasteiger partial charge in [-0.05, 0) is 85.8 Å². The Morgan fingerprint density at radius 3 is 2.35 bits per heavy atom. The lowest BCUT2D eigenvalue weighted by molar-refractivity contribution is -0.134. The monoisotopic (exact) mass is 561 g/mol. The molecule has 3 aromatic carbocycles. The van der Waals surface area contributed by atoms with Crippen LogP contribution in [0, 0.1) is 0 Å². The summed E-state index contributed by atoms with van der Waals surface area (Å²) < 4.78 is 11.7. The van der Waals surface area contributed by atoms with Gasteiger partial charge >= 0.3 is 0 Å². The number of fused-ring (bicyclic) bond motifs is 1. The first-order valence-electron chi connectivity index (χ1n) is 13.8. The minimum Gasteiger partial charge on any atom is -0.493 e. The lowest BCUT2D eigenvalue weighted by atomic mass is 9.87. The Hall–Kier alpha value is -3.55. The van der Waals surface area contributed by atoms with E-state index in [-0.39, 0.29) is 36.4 Å². The topological polar surface area (TPSA) is 71.1 Å². The van der Waals surface area contributed by atoms with Crippen molar-refractivity contribution in [3.05, 3.63) is 87.9 Å². The molecule has 0 spiro atoms. The number of anilines is 1. The van der Waals surface area contributed by atoms with E-state index in [9.17, 15) is 9.59 Å². The van der Waals surface area contributed by atoms with E-state index in [1.165, 1.54) is 0 Å². The molecule has 0 radical (unpaired) electrons. The molecule has 8 heteroatoms. The first kappa shape index (κ1) is 28.0. The van der Waals surface area contributed by atoms with Gasteiger partial charge in [-0.3, -0.25) is 9.59 Å². The minimum absolute atomic E-state index is 0.0177. The van der Waals surface area contributed by atoms with Crippen molar-refractivity contribution in [2.45, 2.75) is 51.8 Å². The molecule has 0 aliphatic carbocycles. The zero-order chi connectivity index (χ0) is 28.4. The van der Waals surface area contributed by atoms with Crippen LogP contribution < -0.4 is 19.7 Å². The number of hydrogen-bond donors (Lipinski definition) is 1. The smallest absolute Gasteiger partial charge is 0.237 e. The van der Waals surface area contributed by atoms with Crippen LogP contribution in [0.3, 0.4) is 0 Å². The third-order valence-corrected chi connectivity index (χ3v) is 7.91. The maximum atomic E-state index is 13.8. The number of hydrogen-bond acceptors (Lipinski definition) is 5. The van der Waals surface area contributed by atoms with Gasteiger partial charge in [-0.1, -0.05) is 35.9 Å². The highest BCUT2D eigenvalue weighted by Gasteiger charge is 2.35. The van der Waals surface area contributed by atoms with E-state index < -0.39 is 0 Å². The van der Waals surface area contributed by atoms with Crippen molar-refractivity contribution in [2.24, 2.45) is 0 Å². The first-order valence-corrected chi connectivity index (χ1v) is 14.2. The molecular weight excluding hydrogens is 526 g/mol. The molecule has 2 aliphatic rings. The van der Waals surface area contributed by atoms with E-state index in [0.717, 1.165) is 34.5 Å². The van der Waals surface area contributed by atoms with Crippen LogP contribution >= 0.6 is 11.6 Å². The zero-order valence-electron chi connectivity index (χ0n) is 23.4. The van der Waals surface area contributed by atoms with Crippen LogP contribution in [0.25, 0.3) is 0 Å². The summed E-state index contributed by atoms with van der Waals surface area (Å²) in [6.45, 7) is 7.84. The Morgan fingerprint density at radius 1 is 0.975 bits per heavy atom. The largest absolute Gasteiger partial charge is 0.493 e. The van der Waals surface area contributed by atoms with Gasteiger partial charge in [-0.2, -0.15) is 0 Å². The van der Waals surface area contributed by atoms with Gasteiger partial charge in [0.15, 0.2) is 11.5 Å². The molecule has 1 saturated heterocycles. The number of piperazine rings is 1. The highest BCUT2D eigenvalue weighted by atomic mass is 35.5. The third-order valence-electron chi connectivity index (χ3n) is 7.66. The lowest BCUT2D eigenvalue weighted by Crippen LogP contribution is -2.48. The summed E-state index contributed by atoms with van der Waals surface area (Å²) in [6.07, 6.45) is 0.842. The predicted octanol–water partition coefficient (Wildman–Crippen LogP) is 5.50. The van der Waals surface area contributed by atoms with Crippen molar-refractivity contribution >= 4 is 29.1 Å². The number of carbonyl (C=O) groups excluding carboxylic acids is 2. The molecule has 2 heterocycles. The number of benzene rings is 3. The van der Waals surface area contributed by atoms with Crippen LogP contribution in [0.2, 0.25) is 5.02 Å². The molecule has 0 bridgehead atoms. The van der Waals surface area contributed by atoms with Crippen molar-refractivity contribution in [2.75, 3.05) is 31.6 Å². The van der Waals surface area contributed by atoms with Gasteiger partial charge in [0.25, 0.3) is 0 Å². The van der Waals surface area contributed by atoms with Crippen LogP contribution in [0.5, 0.6) is 11.5 Å². The normalized spacial score (nSPS) is 18.1. The van der Waals surface area contributed by atoms with Gasteiger partial charge < -0.3 is 24.6 Å². The van der Waals surface area contributed by atoms with Crippen molar-refractivity contribution in [1.82, 2.24) is 10.2 Å². The summed E-state index contributed by atoms with van der Waals surface area (Å²) in [7, 11) is 1.62. The predicted molar refractivity (Wildman–Crippen MR) is 157 cm³/mol. The molecule has 5 rings (SSSR count). The van der Waals surface area contributed by atoms with Gasteiger partial charge in [0, 0.05) is 23.8 Å². The Bertz CT molecular complexity index is 1370. The summed E-state index contributed by atoms with van der Waals surface area (Å²) in [5, 5.41) is 3.80. The van der Waals surface area contributed by atoms with Gasteiger partial charge in [0.2, 0.25) is 11.8 Å². The molecule has 1 N–H and O–H groups in total. The van der Waals surface area contributed by atoms with Crippen molar-refractivity contribution in [1.29, 1.82) is 0 Å². The number of carbonyl (C=O) groups is 2. The summed E-state index contributed by atoms with van der Waals surface area (Å²) in [6, 6.07) is 19.5. The number of amides is 2. The van der Waals surface area contributed by atoms with Gasteiger partial charge in [-0.25, -0.2) is 0 Å². The number of nitrogens with zero attached hydrogens (tertiary/aromatic N) is 2. The van der Waals surface area contributed by atoms with Crippen LogP contribution in [0.15, 0.2) is 60.7 Å². The van der Waals surface area contributed by atoms with Crippen LogP contribution in [-0.4, -0.2) is 49.6 Å². The van der Waals surface area contributed by atoms with E-state index in [2.05, 4.69) is 5.32 Å². The van der Waals surface area contributed by atoms with E-state index in [4.69, 9.17) is 21.1 Å². The number of rotatable bonds is 8. The minimum atomic E-state index is -0.254. The summed E-state index contributed by atoms with van der Waals surface area (Å²) in [4.78, 5) is 30.0. The maximum Gasteiger partial charge on any atom is 0.237 e. The molecule has 3 aromatic rings. The van der Waals surface area contributed by atoms with Gasteiger partial charge in [-0.15, -0.1) is 0 Å². The zero-order valence-corrected chi connectivity index (χ0v) is 24.2. The molecule has 2 amide bonds. The maximum absolute atomic E-state index is 13.8. The Labute approximate surface area is 241 Å². The summed E-state index contributed by atoms with van der Waals surface area (Å²) in [5.74, 6) is 1.41. The molecule has 0 saturated carbocycles. The molecule has 0 aromatic heterocycles. The average molecular weight is 562 g/mol.